The quantitative estimate of drug-likeness (QED) is 0.758. The van der Waals surface area contributed by atoms with Crippen molar-refractivity contribution in [3.05, 3.63) is 23.8 Å². The normalized spacial score (nSPS) is 21.0. The van der Waals surface area contributed by atoms with Crippen molar-refractivity contribution in [2.45, 2.75) is 43.8 Å². The number of thioether (sulfide) groups is 1. The van der Waals surface area contributed by atoms with Gasteiger partial charge in [0.1, 0.15) is 0 Å². The highest BCUT2D eigenvalue weighted by molar-refractivity contribution is 7.99. The molecule has 24 heavy (non-hydrogen) atoms. The summed E-state index contributed by atoms with van der Waals surface area (Å²) >= 11 is 0.700. The Balaban J connectivity index is 0.00000288. The van der Waals surface area contributed by atoms with E-state index in [1.165, 1.54) is 0 Å². The number of carbonyl (C=O) groups is 1. The molecule has 0 radical (unpaired) electrons. The molecule has 0 aliphatic carbocycles. The average Bonchev–Trinajstić information content (AvgIpc) is 2.45. The Hall–Kier alpha value is -0.920. The number of aryl methyl sites for hydroxylation is 1. The maximum absolute atomic E-state index is 12.4. The second-order valence-electron chi connectivity index (χ2n) is 5.97. The number of hydrogen-bond acceptors (Lipinski definition) is 3. The van der Waals surface area contributed by atoms with E-state index in [4.69, 9.17) is 0 Å². The first-order valence-electron chi connectivity index (χ1n) is 7.59. The van der Waals surface area contributed by atoms with E-state index in [0.717, 1.165) is 24.9 Å². The molecule has 8 heteroatoms. The van der Waals surface area contributed by atoms with Gasteiger partial charge in [-0.15, -0.1) is 24.2 Å². The summed E-state index contributed by atoms with van der Waals surface area (Å²) in [6.07, 6.45) is -2.75. The summed E-state index contributed by atoms with van der Waals surface area (Å²) in [4.78, 5) is 12.9. The minimum Gasteiger partial charge on any atom is -0.325 e. The van der Waals surface area contributed by atoms with Gasteiger partial charge in [-0.1, -0.05) is 6.07 Å². The molecular formula is C16H22ClF3N2OS. The lowest BCUT2D eigenvalue weighted by molar-refractivity contribution is -0.120. The SMILES string of the molecule is Cc1ccc(SCC(F)(F)F)c(NC(=O)[C@H]2CCN[C@@H](C)C2)c1.Cl. The fourth-order valence-corrected chi connectivity index (χ4v) is 3.38. The summed E-state index contributed by atoms with van der Waals surface area (Å²) in [6, 6.07) is 5.38. The summed E-state index contributed by atoms with van der Waals surface area (Å²) in [7, 11) is 0. The number of alkyl halides is 3. The van der Waals surface area contributed by atoms with Gasteiger partial charge >= 0.3 is 6.18 Å². The number of piperidine rings is 1. The maximum Gasteiger partial charge on any atom is 0.398 e. The van der Waals surface area contributed by atoms with Crippen LogP contribution >= 0.6 is 24.2 Å². The van der Waals surface area contributed by atoms with E-state index in [9.17, 15) is 18.0 Å². The molecular weight excluding hydrogens is 361 g/mol. The number of hydrogen-bond donors (Lipinski definition) is 2. The van der Waals surface area contributed by atoms with E-state index < -0.39 is 11.9 Å². The Bertz CT molecular complexity index is 569. The first-order valence-corrected chi connectivity index (χ1v) is 8.57. The number of benzene rings is 1. The minimum atomic E-state index is -4.23. The molecule has 1 aliphatic heterocycles. The van der Waals surface area contributed by atoms with Crippen LogP contribution in [0.15, 0.2) is 23.1 Å². The lowest BCUT2D eigenvalue weighted by atomic mass is 9.92. The Morgan fingerprint density at radius 3 is 2.75 bits per heavy atom. The van der Waals surface area contributed by atoms with Crippen molar-refractivity contribution in [1.82, 2.24) is 5.32 Å². The zero-order chi connectivity index (χ0) is 17.0. The van der Waals surface area contributed by atoms with Crippen molar-refractivity contribution >= 4 is 35.8 Å². The maximum atomic E-state index is 12.4. The molecule has 1 amide bonds. The van der Waals surface area contributed by atoms with Crippen LogP contribution in [0.1, 0.15) is 25.3 Å². The van der Waals surface area contributed by atoms with Crippen molar-refractivity contribution in [2.24, 2.45) is 5.92 Å². The highest BCUT2D eigenvalue weighted by Crippen LogP contribution is 2.33. The molecule has 0 spiro atoms. The van der Waals surface area contributed by atoms with Gasteiger partial charge in [-0.2, -0.15) is 13.2 Å². The van der Waals surface area contributed by atoms with E-state index in [0.29, 0.717) is 22.3 Å². The highest BCUT2D eigenvalue weighted by atomic mass is 35.5. The van der Waals surface area contributed by atoms with Crippen LogP contribution < -0.4 is 10.6 Å². The summed E-state index contributed by atoms with van der Waals surface area (Å²) in [5.74, 6) is -1.19. The standard InChI is InChI=1S/C16H21F3N2OS.ClH/c1-10-3-4-14(23-9-16(17,18)19)13(7-10)21-15(22)12-5-6-20-11(2)8-12;/h3-4,7,11-12,20H,5-6,8-9H2,1-2H3,(H,21,22);1H/t11-,12-;/m0./s1. The Morgan fingerprint density at radius 1 is 1.42 bits per heavy atom. The topological polar surface area (TPSA) is 41.1 Å². The van der Waals surface area contributed by atoms with Crippen molar-refractivity contribution in [2.75, 3.05) is 17.6 Å². The van der Waals surface area contributed by atoms with Crippen LogP contribution in [-0.4, -0.2) is 30.4 Å². The van der Waals surface area contributed by atoms with Gasteiger partial charge in [0.15, 0.2) is 0 Å². The molecule has 1 aliphatic rings. The Labute approximate surface area is 150 Å². The van der Waals surface area contributed by atoms with Gasteiger partial charge in [0, 0.05) is 16.9 Å². The molecule has 3 nitrogen and oxygen atoms in total. The van der Waals surface area contributed by atoms with E-state index in [1.54, 1.807) is 18.2 Å². The summed E-state index contributed by atoms with van der Waals surface area (Å²) in [5.41, 5.74) is 1.37. The van der Waals surface area contributed by atoms with Crippen molar-refractivity contribution in [3.63, 3.8) is 0 Å². The lowest BCUT2D eigenvalue weighted by Crippen LogP contribution is -2.40. The molecule has 0 saturated carbocycles. The third-order valence-corrected chi connectivity index (χ3v) is 4.92. The molecule has 1 aromatic carbocycles. The van der Waals surface area contributed by atoms with Gasteiger partial charge in [-0.3, -0.25) is 4.79 Å². The van der Waals surface area contributed by atoms with Crippen LogP contribution in [0.3, 0.4) is 0 Å². The van der Waals surface area contributed by atoms with E-state index in [2.05, 4.69) is 10.6 Å². The molecule has 1 saturated heterocycles. The fraction of sp³-hybridized carbons (Fsp3) is 0.562. The lowest BCUT2D eigenvalue weighted by Gasteiger charge is -2.27. The average molecular weight is 383 g/mol. The van der Waals surface area contributed by atoms with Gasteiger partial charge in [0.2, 0.25) is 5.91 Å². The van der Waals surface area contributed by atoms with Crippen LogP contribution in [0.5, 0.6) is 0 Å². The molecule has 1 fully saturated rings. The highest BCUT2D eigenvalue weighted by Gasteiger charge is 2.28. The first kappa shape index (κ1) is 21.1. The number of rotatable bonds is 4. The summed E-state index contributed by atoms with van der Waals surface area (Å²) < 4.78 is 37.3. The summed E-state index contributed by atoms with van der Waals surface area (Å²) in [6.45, 7) is 4.65. The van der Waals surface area contributed by atoms with Crippen molar-refractivity contribution < 1.29 is 18.0 Å². The Kier molecular flexibility index (Phi) is 7.89. The zero-order valence-corrected chi connectivity index (χ0v) is 15.2. The summed E-state index contributed by atoms with van der Waals surface area (Å²) in [5, 5.41) is 6.10. The van der Waals surface area contributed by atoms with Crippen molar-refractivity contribution in [3.8, 4) is 0 Å². The minimum absolute atomic E-state index is 0. The van der Waals surface area contributed by atoms with E-state index in [1.807, 2.05) is 13.8 Å². The molecule has 0 bridgehead atoms. The molecule has 0 unspecified atom stereocenters. The van der Waals surface area contributed by atoms with Gasteiger partial charge < -0.3 is 10.6 Å². The molecule has 136 valence electrons. The zero-order valence-electron chi connectivity index (χ0n) is 13.6. The Morgan fingerprint density at radius 2 is 2.12 bits per heavy atom. The number of amides is 1. The van der Waals surface area contributed by atoms with E-state index >= 15 is 0 Å². The van der Waals surface area contributed by atoms with Gasteiger partial charge in [0.05, 0.1) is 11.4 Å². The second-order valence-corrected chi connectivity index (χ2v) is 6.99. The van der Waals surface area contributed by atoms with Gasteiger partial charge in [-0.25, -0.2) is 0 Å². The smallest absolute Gasteiger partial charge is 0.325 e. The van der Waals surface area contributed by atoms with E-state index in [-0.39, 0.29) is 30.3 Å². The van der Waals surface area contributed by atoms with Crippen LogP contribution in [-0.2, 0) is 4.79 Å². The molecule has 1 heterocycles. The van der Waals surface area contributed by atoms with Gasteiger partial charge in [-0.05, 0) is 50.9 Å². The van der Waals surface area contributed by atoms with Crippen LogP contribution in [0.4, 0.5) is 18.9 Å². The number of halogens is 4. The van der Waals surface area contributed by atoms with Gasteiger partial charge in [0.25, 0.3) is 0 Å². The molecule has 2 rings (SSSR count). The third-order valence-electron chi connectivity index (χ3n) is 3.78. The molecule has 2 atom stereocenters. The molecule has 1 aromatic rings. The third kappa shape index (κ3) is 6.53. The monoisotopic (exact) mass is 382 g/mol. The predicted octanol–water partition coefficient (Wildman–Crippen LogP) is 4.40. The largest absolute Gasteiger partial charge is 0.398 e. The predicted molar refractivity (Wildman–Crippen MR) is 94.0 cm³/mol. The van der Waals surface area contributed by atoms with Crippen LogP contribution in [0.25, 0.3) is 0 Å². The van der Waals surface area contributed by atoms with Crippen LogP contribution in [0, 0.1) is 12.8 Å². The van der Waals surface area contributed by atoms with Crippen LogP contribution in [0.2, 0.25) is 0 Å². The fourth-order valence-electron chi connectivity index (χ4n) is 2.63. The first-order chi connectivity index (χ1) is 10.7. The number of carbonyl (C=O) groups excluding carboxylic acids is 1. The number of nitrogens with one attached hydrogen (secondary N) is 2. The molecule has 0 aromatic heterocycles. The second kappa shape index (κ2) is 8.97. The van der Waals surface area contributed by atoms with Crippen molar-refractivity contribution in [1.29, 1.82) is 0 Å². The number of anilines is 1. The molecule has 2 N–H and O–H groups in total.